The van der Waals surface area contributed by atoms with Gasteiger partial charge in [0.1, 0.15) is 0 Å². The van der Waals surface area contributed by atoms with Gasteiger partial charge in [-0.25, -0.2) is 15.0 Å². The van der Waals surface area contributed by atoms with Gasteiger partial charge in [-0.1, -0.05) is 6.07 Å². The molecule has 0 saturated heterocycles. The summed E-state index contributed by atoms with van der Waals surface area (Å²) in [6.45, 7) is 1.67. The zero-order valence-corrected chi connectivity index (χ0v) is 16.3. The molecule has 3 heterocycles. The Morgan fingerprint density at radius 3 is 2.60 bits per heavy atom. The van der Waals surface area contributed by atoms with Gasteiger partial charge in [-0.05, 0) is 24.1 Å². The third-order valence-corrected chi connectivity index (χ3v) is 3.92. The molecule has 0 fully saturated rings. The summed E-state index contributed by atoms with van der Waals surface area (Å²) in [7, 11) is 0. The van der Waals surface area contributed by atoms with E-state index in [-0.39, 0.29) is 18.3 Å². The SMILES string of the molecule is Nc1ncc(/C=C/C(=O)N(CCCn2ccnc2)Cc2cccnc2)cn1.O=CO. The number of carbonyl (C=O) groups is 2. The number of nitrogens with zero attached hydrogens (tertiary/aromatic N) is 6. The van der Waals surface area contributed by atoms with E-state index in [1.807, 2.05) is 22.9 Å². The standard InChI is InChI=1S/C19H21N7O.CH2O2/c20-19-23-12-16(13-24-19)4-5-18(27)26(14-17-3-1-6-21-11-17)9-2-8-25-10-7-22-15-25;2-1-3/h1,3-7,10-13,15H,2,8-9,14H2,(H2,20,23,24);1H,(H,2,3)/b5-4+;. The van der Waals surface area contributed by atoms with E-state index in [0.29, 0.717) is 13.1 Å². The van der Waals surface area contributed by atoms with Gasteiger partial charge in [-0.3, -0.25) is 14.6 Å². The largest absolute Gasteiger partial charge is 0.483 e. The summed E-state index contributed by atoms with van der Waals surface area (Å²) in [4.78, 5) is 38.9. The summed E-state index contributed by atoms with van der Waals surface area (Å²) in [6.07, 6.45) is 16.1. The number of aromatic nitrogens is 5. The molecule has 0 spiro atoms. The molecule has 30 heavy (non-hydrogen) atoms. The van der Waals surface area contributed by atoms with Crippen LogP contribution < -0.4 is 5.73 Å². The Morgan fingerprint density at radius 2 is 1.97 bits per heavy atom. The van der Waals surface area contributed by atoms with E-state index in [2.05, 4.69) is 19.9 Å². The Balaban J connectivity index is 0.00000101. The molecule has 0 saturated carbocycles. The molecule has 0 aliphatic heterocycles. The van der Waals surface area contributed by atoms with E-state index in [1.165, 1.54) is 6.08 Å². The van der Waals surface area contributed by atoms with Crippen LogP contribution in [0.25, 0.3) is 6.08 Å². The Hall–Kier alpha value is -4.08. The highest BCUT2D eigenvalue weighted by atomic mass is 16.3. The minimum absolute atomic E-state index is 0.0821. The van der Waals surface area contributed by atoms with Crippen molar-refractivity contribution in [3.8, 4) is 0 Å². The van der Waals surface area contributed by atoms with Gasteiger partial charge in [0.15, 0.2) is 0 Å². The first-order valence-electron chi connectivity index (χ1n) is 9.09. The molecule has 0 aliphatic carbocycles. The van der Waals surface area contributed by atoms with Crippen molar-refractivity contribution in [1.29, 1.82) is 0 Å². The number of hydrogen-bond donors (Lipinski definition) is 2. The smallest absolute Gasteiger partial charge is 0.290 e. The number of imidazole rings is 1. The molecule has 3 rings (SSSR count). The number of hydrogen-bond acceptors (Lipinski definition) is 7. The summed E-state index contributed by atoms with van der Waals surface area (Å²) < 4.78 is 1.99. The van der Waals surface area contributed by atoms with Crippen LogP contribution in [-0.2, 0) is 22.7 Å². The zero-order valence-electron chi connectivity index (χ0n) is 16.3. The first-order chi connectivity index (χ1) is 14.6. The fourth-order valence-electron chi connectivity index (χ4n) is 2.55. The molecule has 3 aromatic rings. The van der Waals surface area contributed by atoms with E-state index in [1.54, 1.807) is 48.3 Å². The molecule has 3 N–H and O–H groups in total. The monoisotopic (exact) mass is 409 g/mol. The average molecular weight is 409 g/mol. The van der Waals surface area contributed by atoms with E-state index in [4.69, 9.17) is 15.6 Å². The molecule has 156 valence electrons. The highest BCUT2D eigenvalue weighted by molar-refractivity contribution is 5.91. The number of amides is 1. The third kappa shape index (κ3) is 7.89. The molecular formula is C20H23N7O3. The predicted molar refractivity (Wildman–Crippen MR) is 111 cm³/mol. The van der Waals surface area contributed by atoms with Crippen molar-refractivity contribution in [2.45, 2.75) is 19.5 Å². The number of pyridine rings is 1. The lowest BCUT2D eigenvalue weighted by atomic mass is 10.2. The van der Waals surface area contributed by atoms with E-state index < -0.39 is 0 Å². The van der Waals surface area contributed by atoms with Gasteiger partial charge in [0.2, 0.25) is 11.9 Å². The lowest BCUT2D eigenvalue weighted by Crippen LogP contribution is -2.30. The number of carbonyl (C=O) groups excluding carboxylic acids is 1. The lowest BCUT2D eigenvalue weighted by Gasteiger charge is -2.21. The first-order valence-corrected chi connectivity index (χ1v) is 9.09. The Morgan fingerprint density at radius 1 is 1.20 bits per heavy atom. The van der Waals surface area contributed by atoms with Crippen LogP contribution in [0.4, 0.5) is 5.95 Å². The Labute approximate surface area is 173 Å². The van der Waals surface area contributed by atoms with Crippen molar-refractivity contribution in [1.82, 2.24) is 29.4 Å². The quantitative estimate of drug-likeness (QED) is 0.421. The van der Waals surface area contributed by atoms with Crippen molar-refractivity contribution in [2.24, 2.45) is 0 Å². The van der Waals surface area contributed by atoms with Gasteiger partial charge < -0.3 is 20.3 Å². The maximum Gasteiger partial charge on any atom is 0.290 e. The van der Waals surface area contributed by atoms with Gasteiger partial charge in [0, 0.05) is 68.5 Å². The van der Waals surface area contributed by atoms with E-state index in [9.17, 15) is 4.79 Å². The van der Waals surface area contributed by atoms with Crippen LogP contribution in [0, 0.1) is 0 Å². The molecule has 0 radical (unpaired) electrons. The summed E-state index contributed by atoms with van der Waals surface area (Å²) in [6, 6.07) is 3.83. The van der Waals surface area contributed by atoms with Gasteiger partial charge in [-0.15, -0.1) is 0 Å². The first kappa shape index (κ1) is 22.2. The molecule has 10 nitrogen and oxygen atoms in total. The van der Waals surface area contributed by atoms with Gasteiger partial charge in [0.05, 0.1) is 6.33 Å². The number of carboxylic acid groups (broad SMARTS) is 1. The van der Waals surface area contributed by atoms with Gasteiger partial charge >= 0.3 is 0 Å². The average Bonchev–Trinajstić information content (AvgIpc) is 3.27. The lowest BCUT2D eigenvalue weighted by molar-refractivity contribution is -0.126. The Bertz CT molecular complexity index is 913. The molecule has 0 atom stereocenters. The highest BCUT2D eigenvalue weighted by Gasteiger charge is 2.11. The number of nitrogen functional groups attached to an aromatic ring is 1. The van der Waals surface area contributed by atoms with Crippen LogP contribution in [0.5, 0.6) is 0 Å². The predicted octanol–water partition coefficient (Wildman–Crippen LogP) is 1.48. The van der Waals surface area contributed by atoms with Crippen LogP contribution in [0.3, 0.4) is 0 Å². The van der Waals surface area contributed by atoms with Crippen LogP contribution in [0.1, 0.15) is 17.5 Å². The second-order valence-electron chi connectivity index (χ2n) is 6.09. The molecular weight excluding hydrogens is 386 g/mol. The maximum absolute atomic E-state index is 12.7. The molecule has 0 unspecified atom stereocenters. The molecule has 10 heteroatoms. The highest BCUT2D eigenvalue weighted by Crippen LogP contribution is 2.07. The van der Waals surface area contributed by atoms with Crippen molar-refractivity contribution >= 4 is 24.4 Å². The molecule has 3 aromatic heterocycles. The van der Waals surface area contributed by atoms with Crippen molar-refractivity contribution in [3.63, 3.8) is 0 Å². The number of anilines is 1. The van der Waals surface area contributed by atoms with Gasteiger partial charge in [0.25, 0.3) is 6.47 Å². The number of nitrogens with two attached hydrogens (primary N) is 1. The van der Waals surface area contributed by atoms with Crippen LogP contribution in [-0.4, -0.2) is 53.4 Å². The zero-order chi connectivity index (χ0) is 21.6. The van der Waals surface area contributed by atoms with E-state index in [0.717, 1.165) is 24.1 Å². The molecule has 1 amide bonds. The van der Waals surface area contributed by atoms with E-state index >= 15 is 0 Å². The van der Waals surface area contributed by atoms with Crippen molar-refractivity contribution in [3.05, 3.63) is 72.8 Å². The molecule has 0 aromatic carbocycles. The second-order valence-corrected chi connectivity index (χ2v) is 6.09. The van der Waals surface area contributed by atoms with Crippen LogP contribution in [0.15, 0.2) is 61.7 Å². The molecule has 0 aliphatic rings. The normalized spacial score (nSPS) is 10.3. The summed E-state index contributed by atoms with van der Waals surface area (Å²) in [5.41, 5.74) is 7.18. The molecule has 0 bridgehead atoms. The Kier molecular flexibility index (Phi) is 9.18. The third-order valence-electron chi connectivity index (χ3n) is 3.92. The minimum Gasteiger partial charge on any atom is -0.483 e. The van der Waals surface area contributed by atoms with Gasteiger partial charge in [-0.2, -0.15) is 0 Å². The minimum atomic E-state index is -0.250. The summed E-state index contributed by atoms with van der Waals surface area (Å²) in [5.74, 6) is 0.123. The van der Waals surface area contributed by atoms with Crippen molar-refractivity contribution < 1.29 is 14.7 Å². The van der Waals surface area contributed by atoms with Crippen LogP contribution >= 0.6 is 0 Å². The fourth-order valence-corrected chi connectivity index (χ4v) is 2.55. The maximum atomic E-state index is 12.7. The summed E-state index contributed by atoms with van der Waals surface area (Å²) in [5, 5.41) is 6.89. The number of rotatable bonds is 8. The number of aryl methyl sites for hydroxylation is 1. The van der Waals surface area contributed by atoms with Crippen molar-refractivity contribution in [2.75, 3.05) is 12.3 Å². The fraction of sp³-hybridized carbons (Fsp3) is 0.200. The summed E-state index contributed by atoms with van der Waals surface area (Å²) >= 11 is 0. The second kappa shape index (κ2) is 12.4. The van der Waals surface area contributed by atoms with Crippen LogP contribution in [0.2, 0.25) is 0 Å². The topological polar surface area (TPSA) is 140 Å².